The van der Waals surface area contributed by atoms with E-state index in [0.29, 0.717) is 18.2 Å². The number of fused-ring (bicyclic) bond motifs is 1. The molecule has 1 N–H and O–H groups in total. The molecule has 0 saturated carbocycles. The highest BCUT2D eigenvalue weighted by molar-refractivity contribution is 8.00. The molecule has 1 saturated heterocycles. The first-order chi connectivity index (χ1) is 10.1. The van der Waals surface area contributed by atoms with E-state index in [2.05, 4.69) is 10.3 Å². The summed E-state index contributed by atoms with van der Waals surface area (Å²) in [4.78, 5) is 29.4. The fourth-order valence-corrected chi connectivity index (χ4v) is 3.20. The van der Waals surface area contributed by atoms with E-state index in [0.717, 1.165) is 16.9 Å². The monoisotopic (exact) mass is 304 g/mol. The molecule has 3 rings (SSSR count). The Kier molecular flexibility index (Phi) is 3.83. The molecule has 1 aromatic carbocycles. The molecular formula is C14H16N4O2S. The number of thioether (sulfide) groups is 1. The van der Waals surface area contributed by atoms with E-state index in [1.165, 1.54) is 11.8 Å². The minimum atomic E-state index is -0.155. The lowest BCUT2D eigenvalue weighted by molar-refractivity contribution is -0.132. The fourth-order valence-electron chi connectivity index (χ4n) is 2.30. The molecule has 1 aliphatic heterocycles. The molecule has 1 aliphatic rings. The molecule has 1 fully saturated rings. The summed E-state index contributed by atoms with van der Waals surface area (Å²) in [7, 11) is 1.93. The SMILES string of the molecule is Cn1c(CNC(=O)CN2CSCC2=O)nc2ccccc21. The summed E-state index contributed by atoms with van der Waals surface area (Å²) in [5.74, 6) is 1.73. The van der Waals surface area contributed by atoms with Gasteiger partial charge in [0, 0.05) is 7.05 Å². The van der Waals surface area contributed by atoms with Crippen molar-refractivity contribution in [1.29, 1.82) is 0 Å². The van der Waals surface area contributed by atoms with Crippen LogP contribution in [0.5, 0.6) is 0 Å². The molecule has 7 heteroatoms. The maximum atomic E-state index is 11.9. The number of aromatic nitrogens is 2. The van der Waals surface area contributed by atoms with Gasteiger partial charge in [-0.2, -0.15) is 0 Å². The van der Waals surface area contributed by atoms with Crippen LogP contribution >= 0.6 is 11.8 Å². The van der Waals surface area contributed by atoms with Crippen molar-refractivity contribution in [3.8, 4) is 0 Å². The van der Waals surface area contributed by atoms with Crippen LogP contribution < -0.4 is 5.32 Å². The lowest BCUT2D eigenvalue weighted by atomic mass is 10.3. The lowest BCUT2D eigenvalue weighted by Crippen LogP contribution is -2.38. The molecule has 110 valence electrons. The Bertz CT molecular complexity index is 697. The number of nitrogens with zero attached hydrogens (tertiary/aromatic N) is 3. The Balaban J connectivity index is 1.62. The van der Waals surface area contributed by atoms with Crippen molar-refractivity contribution in [1.82, 2.24) is 19.8 Å². The molecule has 2 heterocycles. The highest BCUT2D eigenvalue weighted by Gasteiger charge is 2.22. The maximum absolute atomic E-state index is 11.9. The van der Waals surface area contributed by atoms with Gasteiger partial charge in [-0.25, -0.2) is 4.98 Å². The Labute approximate surface area is 126 Å². The number of para-hydroxylation sites is 2. The molecule has 2 amide bonds. The molecule has 0 aliphatic carbocycles. The van der Waals surface area contributed by atoms with Gasteiger partial charge in [-0.05, 0) is 12.1 Å². The number of benzene rings is 1. The van der Waals surface area contributed by atoms with Crippen LogP contribution in [0.3, 0.4) is 0 Å². The van der Waals surface area contributed by atoms with Gasteiger partial charge >= 0.3 is 0 Å². The quantitative estimate of drug-likeness (QED) is 0.904. The summed E-state index contributed by atoms with van der Waals surface area (Å²) in [6.45, 7) is 0.481. The van der Waals surface area contributed by atoms with Gasteiger partial charge in [0.1, 0.15) is 12.4 Å². The summed E-state index contributed by atoms with van der Waals surface area (Å²) < 4.78 is 1.96. The topological polar surface area (TPSA) is 67.2 Å². The van der Waals surface area contributed by atoms with Gasteiger partial charge in [0.25, 0.3) is 0 Å². The van der Waals surface area contributed by atoms with Crippen LogP contribution in [0.25, 0.3) is 11.0 Å². The summed E-state index contributed by atoms with van der Waals surface area (Å²) in [5, 5.41) is 2.82. The third-order valence-electron chi connectivity index (χ3n) is 3.48. The minimum Gasteiger partial charge on any atom is -0.347 e. The van der Waals surface area contributed by atoms with Crippen LogP contribution in [-0.2, 0) is 23.2 Å². The Morgan fingerprint density at radius 3 is 2.95 bits per heavy atom. The van der Waals surface area contributed by atoms with E-state index in [4.69, 9.17) is 0 Å². The lowest BCUT2D eigenvalue weighted by Gasteiger charge is -2.14. The van der Waals surface area contributed by atoms with Gasteiger partial charge in [-0.1, -0.05) is 12.1 Å². The summed E-state index contributed by atoms with van der Waals surface area (Å²) in [6, 6.07) is 7.84. The zero-order valence-electron chi connectivity index (χ0n) is 11.7. The molecule has 0 atom stereocenters. The zero-order chi connectivity index (χ0) is 14.8. The normalized spacial score (nSPS) is 14.9. The van der Waals surface area contributed by atoms with Gasteiger partial charge < -0.3 is 14.8 Å². The molecule has 0 unspecified atom stereocenters. The first-order valence-corrected chi connectivity index (χ1v) is 7.83. The van der Waals surface area contributed by atoms with Gasteiger partial charge in [-0.15, -0.1) is 11.8 Å². The fraction of sp³-hybridized carbons (Fsp3) is 0.357. The van der Waals surface area contributed by atoms with Gasteiger partial charge in [0.05, 0.1) is 29.2 Å². The van der Waals surface area contributed by atoms with E-state index in [-0.39, 0.29) is 18.4 Å². The van der Waals surface area contributed by atoms with Crippen LogP contribution in [0.1, 0.15) is 5.82 Å². The minimum absolute atomic E-state index is 0.0258. The van der Waals surface area contributed by atoms with Crippen LogP contribution in [0.4, 0.5) is 0 Å². The van der Waals surface area contributed by atoms with E-state index in [1.54, 1.807) is 4.90 Å². The number of hydrogen-bond acceptors (Lipinski definition) is 4. The molecule has 1 aromatic heterocycles. The number of hydrogen-bond donors (Lipinski definition) is 1. The van der Waals surface area contributed by atoms with Crippen LogP contribution in [0, 0.1) is 0 Å². The van der Waals surface area contributed by atoms with Crippen LogP contribution in [0.2, 0.25) is 0 Å². The van der Waals surface area contributed by atoms with Gasteiger partial charge in [0.2, 0.25) is 11.8 Å². The molecule has 6 nitrogen and oxygen atoms in total. The van der Waals surface area contributed by atoms with Crippen LogP contribution in [0.15, 0.2) is 24.3 Å². The van der Waals surface area contributed by atoms with Crippen molar-refractivity contribution in [2.24, 2.45) is 7.05 Å². The standard InChI is InChI=1S/C14H16N4O2S/c1-17-11-5-3-2-4-10(11)16-12(17)6-15-13(19)7-18-9-21-8-14(18)20/h2-5H,6-9H2,1H3,(H,15,19). The van der Waals surface area contributed by atoms with Crippen molar-refractivity contribution in [3.63, 3.8) is 0 Å². The van der Waals surface area contributed by atoms with Gasteiger partial charge in [0.15, 0.2) is 0 Å². The first kappa shape index (κ1) is 13.9. The molecule has 0 radical (unpaired) electrons. The average Bonchev–Trinajstić information content (AvgIpc) is 3.02. The molecule has 0 spiro atoms. The second-order valence-electron chi connectivity index (χ2n) is 4.92. The predicted octanol–water partition coefficient (Wildman–Crippen LogP) is 0.722. The molecule has 21 heavy (non-hydrogen) atoms. The van der Waals surface area contributed by atoms with Crippen LogP contribution in [-0.4, -0.2) is 44.4 Å². The summed E-state index contributed by atoms with van der Waals surface area (Å²) >= 11 is 1.53. The Morgan fingerprint density at radius 2 is 2.24 bits per heavy atom. The summed E-state index contributed by atoms with van der Waals surface area (Å²) in [6.07, 6.45) is 0. The smallest absolute Gasteiger partial charge is 0.240 e. The van der Waals surface area contributed by atoms with Crippen molar-refractivity contribution in [2.75, 3.05) is 18.2 Å². The number of carbonyl (C=O) groups is 2. The number of imidazole rings is 1. The van der Waals surface area contributed by atoms with Gasteiger partial charge in [-0.3, -0.25) is 9.59 Å². The van der Waals surface area contributed by atoms with Crippen molar-refractivity contribution in [3.05, 3.63) is 30.1 Å². The van der Waals surface area contributed by atoms with E-state index in [9.17, 15) is 9.59 Å². The molecule has 2 aromatic rings. The van der Waals surface area contributed by atoms with E-state index in [1.807, 2.05) is 35.9 Å². The molecule has 0 bridgehead atoms. The highest BCUT2D eigenvalue weighted by atomic mass is 32.2. The second-order valence-corrected chi connectivity index (χ2v) is 5.88. The van der Waals surface area contributed by atoms with Crippen molar-refractivity contribution in [2.45, 2.75) is 6.54 Å². The maximum Gasteiger partial charge on any atom is 0.240 e. The second kappa shape index (κ2) is 5.77. The zero-order valence-corrected chi connectivity index (χ0v) is 12.5. The Morgan fingerprint density at radius 1 is 1.43 bits per heavy atom. The van der Waals surface area contributed by atoms with Crippen molar-refractivity contribution < 1.29 is 9.59 Å². The van der Waals surface area contributed by atoms with E-state index < -0.39 is 0 Å². The third kappa shape index (κ3) is 2.87. The third-order valence-corrected chi connectivity index (χ3v) is 4.43. The first-order valence-electron chi connectivity index (χ1n) is 6.67. The number of rotatable bonds is 4. The number of carbonyl (C=O) groups excluding carboxylic acids is 2. The largest absolute Gasteiger partial charge is 0.347 e. The number of nitrogens with one attached hydrogen (secondary N) is 1. The average molecular weight is 304 g/mol. The number of aryl methyl sites for hydroxylation is 1. The van der Waals surface area contributed by atoms with Crippen molar-refractivity contribution >= 4 is 34.6 Å². The predicted molar refractivity (Wildman–Crippen MR) is 81.6 cm³/mol. The summed E-state index contributed by atoms with van der Waals surface area (Å²) in [5.41, 5.74) is 1.95. The number of amides is 2. The highest BCUT2D eigenvalue weighted by Crippen LogP contribution is 2.15. The Hall–Kier alpha value is -2.02. The van der Waals surface area contributed by atoms with E-state index >= 15 is 0 Å². The molecular weight excluding hydrogens is 288 g/mol.